The molecule has 6 nitrogen and oxygen atoms in total. The maximum atomic E-state index is 12.1. The van der Waals surface area contributed by atoms with E-state index in [0.717, 1.165) is 15.2 Å². The molecule has 136 valence electrons. The molecule has 0 fully saturated rings. The lowest BCUT2D eigenvalue weighted by atomic mass is 10.3. The molecule has 0 spiro atoms. The fourth-order valence-electron chi connectivity index (χ4n) is 2.61. The molecule has 4 rings (SSSR count). The van der Waals surface area contributed by atoms with Gasteiger partial charge in [-0.15, -0.1) is 11.3 Å². The quantitative estimate of drug-likeness (QED) is 0.518. The number of rotatable bonds is 5. The maximum Gasteiger partial charge on any atom is 0.319 e. The second-order valence-corrected chi connectivity index (χ2v) is 6.82. The van der Waals surface area contributed by atoms with Crippen molar-refractivity contribution in [3.8, 4) is 16.5 Å². The number of carbonyl (C=O) groups excluding carboxylic acids is 1. The smallest absolute Gasteiger partial charge is 0.319 e. The zero-order chi connectivity index (χ0) is 18.6. The molecule has 7 heteroatoms. The first kappa shape index (κ1) is 17.1. The van der Waals surface area contributed by atoms with Crippen molar-refractivity contribution in [2.24, 2.45) is 0 Å². The Hall–Kier alpha value is -3.32. The number of para-hydroxylation sites is 1. The molecule has 2 N–H and O–H groups in total. The summed E-state index contributed by atoms with van der Waals surface area (Å²) in [4.78, 5) is 16.6. The first-order valence-electron chi connectivity index (χ1n) is 8.35. The first-order valence-corrected chi connectivity index (χ1v) is 9.16. The molecule has 4 aromatic rings. The summed E-state index contributed by atoms with van der Waals surface area (Å²) in [5, 5.41) is 6.36. The molecule has 2 aromatic heterocycles. The molecule has 0 atom stereocenters. The first-order chi connectivity index (χ1) is 13.2. The van der Waals surface area contributed by atoms with E-state index in [1.165, 1.54) is 0 Å². The van der Waals surface area contributed by atoms with Crippen LogP contribution < -0.4 is 15.4 Å². The Morgan fingerprint density at radius 2 is 2.04 bits per heavy atom. The van der Waals surface area contributed by atoms with Crippen LogP contribution in [0.15, 0.2) is 65.1 Å². The van der Waals surface area contributed by atoms with Gasteiger partial charge in [0.1, 0.15) is 11.5 Å². The van der Waals surface area contributed by atoms with Gasteiger partial charge in [-0.05, 0) is 36.4 Å². The Bertz CT molecular complexity index is 1050. The number of thiazole rings is 1. The fourth-order valence-corrected chi connectivity index (χ4v) is 3.54. The van der Waals surface area contributed by atoms with Crippen LogP contribution in [0.2, 0.25) is 0 Å². The van der Waals surface area contributed by atoms with E-state index in [4.69, 9.17) is 9.15 Å². The lowest BCUT2D eigenvalue weighted by Crippen LogP contribution is -2.27. The number of nitrogens with zero attached hydrogens (tertiary/aromatic N) is 1. The van der Waals surface area contributed by atoms with Gasteiger partial charge >= 0.3 is 6.03 Å². The van der Waals surface area contributed by atoms with Crippen LogP contribution in [0.1, 0.15) is 5.76 Å². The summed E-state index contributed by atoms with van der Waals surface area (Å²) in [5.74, 6) is 2.03. The highest BCUT2D eigenvalue weighted by molar-refractivity contribution is 7.21. The van der Waals surface area contributed by atoms with Crippen LogP contribution in [-0.4, -0.2) is 18.1 Å². The molecule has 2 heterocycles. The van der Waals surface area contributed by atoms with Gasteiger partial charge in [0, 0.05) is 11.8 Å². The normalized spacial score (nSPS) is 10.7. The largest absolute Gasteiger partial charge is 0.497 e. The lowest BCUT2D eigenvalue weighted by molar-refractivity contribution is 0.251. The molecule has 0 bridgehead atoms. The summed E-state index contributed by atoms with van der Waals surface area (Å²) in [6.45, 7) is 0.278. The van der Waals surface area contributed by atoms with Crippen molar-refractivity contribution in [1.29, 1.82) is 0 Å². The average molecular weight is 379 g/mol. The molecular formula is C20H17N3O3S. The third-order valence-electron chi connectivity index (χ3n) is 3.92. The summed E-state index contributed by atoms with van der Waals surface area (Å²) in [5.41, 5.74) is 1.60. The minimum atomic E-state index is -0.318. The SMILES string of the molecule is COc1cccc(NC(=O)NCc2ccc(-c3nc4ccccc4s3)o2)c1. The van der Waals surface area contributed by atoms with E-state index in [1.54, 1.807) is 30.6 Å². The third kappa shape index (κ3) is 3.93. The summed E-state index contributed by atoms with van der Waals surface area (Å²) >= 11 is 1.58. The number of anilines is 1. The number of carbonyl (C=O) groups is 1. The number of urea groups is 1. The van der Waals surface area contributed by atoms with Crippen LogP contribution in [0.5, 0.6) is 5.75 Å². The molecule has 0 saturated heterocycles. The number of nitrogens with one attached hydrogen (secondary N) is 2. The third-order valence-corrected chi connectivity index (χ3v) is 4.97. The van der Waals surface area contributed by atoms with E-state index >= 15 is 0 Å². The number of ether oxygens (including phenoxy) is 1. The van der Waals surface area contributed by atoms with E-state index in [2.05, 4.69) is 15.6 Å². The predicted octanol–water partition coefficient (Wildman–Crippen LogP) is 4.89. The monoisotopic (exact) mass is 379 g/mol. The highest BCUT2D eigenvalue weighted by atomic mass is 32.1. The minimum Gasteiger partial charge on any atom is -0.497 e. The molecule has 0 saturated carbocycles. The highest BCUT2D eigenvalue weighted by Gasteiger charge is 2.11. The van der Waals surface area contributed by atoms with Crippen LogP contribution in [0.3, 0.4) is 0 Å². The van der Waals surface area contributed by atoms with Gasteiger partial charge in [-0.2, -0.15) is 0 Å². The van der Waals surface area contributed by atoms with Gasteiger partial charge in [0.15, 0.2) is 10.8 Å². The standard InChI is InChI=1S/C20H17N3O3S/c1-25-14-6-4-5-13(11-14)22-20(24)21-12-15-9-10-17(26-15)19-23-16-7-2-3-8-18(16)27-19/h2-11H,12H2,1H3,(H2,21,22,24). The number of amides is 2. The zero-order valence-corrected chi connectivity index (χ0v) is 15.4. The van der Waals surface area contributed by atoms with Crippen molar-refractivity contribution in [3.63, 3.8) is 0 Å². The van der Waals surface area contributed by atoms with Crippen LogP contribution in [0.25, 0.3) is 21.0 Å². The summed E-state index contributed by atoms with van der Waals surface area (Å²) in [6.07, 6.45) is 0. The van der Waals surface area contributed by atoms with Crippen molar-refractivity contribution in [1.82, 2.24) is 10.3 Å². The van der Waals surface area contributed by atoms with Crippen molar-refractivity contribution < 1.29 is 13.9 Å². The van der Waals surface area contributed by atoms with E-state index in [0.29, 0.717) is 23.0 Å². The van der Waals surface area contributed by atoms with Gasteiger partial charge in [0.2, 0.25) is 0 Å². The Morgan fingerprint density at radius 3 is 2.89 bits per heavy atom. The van der Waals surface area contributed by atoms with Gasteiger partial charge in [-0.25, -0.2) is 9.78 Å². The minimum absolute atomic E-state index is 0.278. The number of benzene rings is 2. The van der Waals surface area contributed by atoms with Gasteiger partial charge in [0.25, 0.3) is 0 Å². The van der Waals surface area contributed by atoms with Gasteiger partial charge in [-0.3, -0.25) is 0 Å². The average Bonchev–Trinajstić information content (AvgIpc) is 3.33. The fraction of sp³-hybridized carbons (Fsp3) is 0.100. The number of fused-ring (bicyclic) bond motifs is 1. The van der Waals surface area contributed by atoms with Crippen LogP contribution in [-0.2, 0) is 6.54 Å². The number of furan rings is 1. The number of methoxy groups -OCH3 is 1. The zero-order valence-electron chi connectivity index (χ0n) is 14.6. The summed E-state index contributed by atoms with van der Waals surface area (Å²) in [7, 11) is 1.58. The van der Waals surface area contributed by atoms with Gasteiger partial charge in [0.05, 0.1) is 23.9 Å². The highest BCUT2D eigenvalue weighted by Crippen LogP contribution is 2.31. The van der Waals surface area contributed by atoms with Gasteiger partial charge < -0.3 is 19.8 Å². The van der Waals surface area contributed by atoms with Crippen LogP contribution >= 0.6 is 11.3 Å². The van der Waals surface area contributed by atoms with Crippen molar-refractivity contribution >= 4 is 33.3 Å². The summed E-state index contributed by atoms with van der Waals surface area (Å²) < 4.78 is 12.1. The van der Waals surface area contributed by atoms with E-state index in [9.17, 15) is 4.79 Å². The van der Waals surface area contributed by atoms with Crippen molar-refractivity contribution in [3.05, 3.63) is 66.4 Å². The van der Waals surface area contributed by atoms with Crippen LogP contribution in [0.4, 0.5) is 10.5 Å². The Kier molecular flexibility index (Phi) is 4.76. The number of hydrogen-bond acceptors (Lipinski definition) is 5. The Morgan fingerprint density at radius 1 is 1.15 bits per heavy atom. The van der Waals surface area contributed by atoms with Crippen molar-refractivity contribution in [2.75, 3.05) is 12.4 Å². The predicted molar refractivity (Wildman–Crippen MR) is 106 cm³/mol. The molecule has 0 aliphatic heterocycles. The topological polar surface area (TPSA) is 76.4 Å². The molecule has 0 radical (unpaired) electrons. The Labute approximate surface area is 159 Å². The second kappa shape index (κ2) is 7.51. The molecule has 0 aliphatic rings. The van der Waals surface area contributed by atoms with Crippen LogP contribution in [0, 0.1) is 0 Å². The Balaban J connectivity index is 1.38. The van der Waals surface area contributed by atoms with Gasteiger partial charge in [-0.1, -0.05) is 18.2 Å². The summed E-state index contributed by atoms with van der Waals surface area (Å²) in [6, 6.07) is 18.5. The number of aromatic nitrogens is 1. The molecule has 0 aliphatic carbocycles. The van der Waals surface area contributed by atoms with E-state index in [-0.39, 0.29) is 12.6 Å². The molecule has 2 amide bonds. The number of hydrogen-bond donors (Lipinski definition) is 2. The van der Waals surface area contributed by atoms with E-state index in [1.807, 2.05) is 48.5 Å². The van der Waals surface area contributed by atoms with E-state index < -0.39 is 0 Å². The lowest BCUT2D eigenvalue weighted by Gasteiger charge is -2.07. The maximum absolute atomic E-state index is 12.1. The second-order valence-electron chi connectivity index (χ2n) is 5.79. The van der Waals surface area contributed by atoms with Crippen molar-refractivity contribution in [2.45, 2.75) is 6.54 Å². The molecule has 0 unspecified atom stereocenters. The molecule has 27 heavy (non-hydrogen) atoms. The molecule has 2 aromatic carbocycles. The molecular weight excluding hydrogens is 362 g/mol.